The summed E-state index contributed by atoms with van der Waals surface area (Å²) in [5.74, 6) is 0.0200. The van der Waals surface area contributed by atoms with E-state index < -0.39 is 0 Å². The van der Waals surface area contributed by atoms with Gasteiger partial charge in [-0.25, -0.2) is 0 Å². The zero-order chi connectivity index (χ0) is 9.68. The first-order valence-electron chi connectivity index (χ1n) is 4.79. The third-order valence-electron chi connectivity index (χ3n) is 2.20. The first kappa shape index (κ1) is 10.5. The van der Waals surface area contributed by atoms with Gasteiger partial charge in [0, 0.05) is 20.0 Å². The molecule has 0 saturated carbocycles. The Kier molecular flexibility index (Phi) is 4.18. The van der Waals surface area contributed by atoms with Crippen molar-refractivity contribution in [3.05, 3.63) is 0 Å². The quantitative estimate of drug-likeness (QED) is 0.651. The van der Waals surface area contributed by atoms with E-state index in [4.69, 9.17) is 4.74 Å². The van der Waals surface area contributed by atoms with Gasteiger partial charge < -0.3 is 10.1 Å². The Morgan fingerprint density at radius 1 is 1.69 bits per heavy atom. The molecule has 1 rings (SSSR count). The van der Waals surface area contributed by atoms with Crippen LogP contribution in [-0.2, 0) is 9.53 Å². The monoisotopic (exact) mass is 186 g/mol. The number of amides is 1. The van der Waals surface area contributed by atoms with E-state index in [0.717, 1.165) is 26.2 Å². The minimum Gasteiger partial charge on any atom is -0.378 e. The van der Waals surface area contributed by atoms with Crippen molar-refractivity contribution in [3.8, 4) is 0 Å². The number of ether oxygens (including phenoxy) is 1. The summed E-state index contributed by atoms with van der Waals surface area (Å²) in [5, 5.41) is 2.88. The standard InChI is InChI=1S/C9H18N2O2/c1-3-11-4-5-13-7-9(6-11)10-8(2)12/h9H,3-7H2,1-2H3,(H,10,12). The molecule has 1 aliphatic rings. The fourth-order valence-electron chi connectivity index (χ4n) is 1.54. The van der Waals surface area contributed by atoms with Crippen molar-refractivity contribution >= 4 is 5.91 Å². The van der Waals surface area contributed by atoms with Gasteiger partial charge in [0.25, 0.3) is 0 Å². The van der Waals surface area contributed by atoms with Crippen LogP contribution in [0.2, 0.25) is 0 Å². The Hall–Kier alpha value is -0.610. The molecule has 0 bridgehead atoms. The molecule has 13 heavy (non-hydrogen) atoms. The van der Waals surface area contributed by atoms with Gasteiger partial charge in [-0.2, -0.15) is 0 Å². The van der Waals surface area contributed by atoms with Crippen molar-refractivity contribution < 1.29 is 9.53 Å². The number of hydrogen-bond donors (Lipinski definition) is 1. The normalized spacial score (nSPS) is 25.2. The minimum atomic E-state index is 0.0200. The summed E-state index contributed by atoms with van der Waals surface area (Å²) in [4.78, 5) is 13.1. The molecule has 1 amide bonds. The molecule has 1 unspecified atom stereocenters. The van der Waals surface area contributed by atoms with Gasteiger partial charge in [0.2, 0.25) is 5.91 Å². The van der Waals surface area contributed by atoms with Gasteiger partial charge in [0.05, 0.1) is 19.3 Å². The van der Waals surface area contributed by atoms with Crippen molar-refractivity contribution in [1.29, 1.82) is 0 Å². The molecule has 76 valence electrons. The molecule has 4 nitrogen and oxygen atoms in total. The van der Waals surface area contributed by atoms with E-state index in [-0.39, 0.29) is 11.9 Å². The summed E-state index contributed by atoms with van der Waals surface area (Å²) in [6, 6.07) is 0.153. The van der Waals surface area contributed by atoms with Gasteiger partial charge in [0.1, 0.15) is 0 Å². The van der Waals surface area contributed by atoms with Crippen molar-refractivity contribution in [1.82, 2.24) is 10.2 Å². The van der Waals surface area contributed by atoms with Crippen LogP contribution in [0, 0.1) is 0 Å². The molecule has 1 heterocycles. The van der Waals surface area contributed by atoms with Crippen LogP contribution in [0.4, 0.5) is 0 Å². The highest BCUT2D eigenvalue weighted by Crippen LogP contribution is 1.99. The van der Waals surface area contributed by atoms with E-state index in [1.807, 2.05) is 0 Å². The molecule has 0 aliphatic carbocycles. The van der Waals surface area contributed by atoms with Gasteiger partial charge in [-0.15, -0.1) is 0 Å². The molecule has 1 fully saturated rings. The minimum absolute atomic E-state index is 0.0200. The molecule has 1 aliphatic heterocycles. The number of hydrogen-bond acceptors (Lipinski definition) is 3. The van der Waals surface area contributed by atoms with Crippen LogP contribution in [0.5, 0.6) is 0 Å². The number of carbonyl (C=O) groups is 1. The molecule has 4 heteroatoms. The Morgan fingerprint density at radius 3 is 3.08 bits per heavy atom. The van der Waals surface area contributed by atoms with Crippen LogP contribution < -0.4 is 5.32 Å². The van der Waals surface area contributed by atoms with Crippen LogP contribution in [0.15, 0.2) is 0 Å². The van der Waals surface area contributed by atoms with E-state index in [2.05, 4.69) is 17.1 Å². The predicted octanol–water partition coefficient (Wildman–Crippen LogP) is -0.157. The molecular weight excluding hydrogens is 168 g/mol. The SMILES string of the molecule is CCN1CCOCC(NC(C)=O)C1. The summed E-state index contributed by atoms with van der Waals surface area (Å²) in [6.07, 6.45) is 0. The van der Waals surface area contributed by atoms with Crippen LogP contribution in [0.3, 0.4) is 0 Å². The highest BCUT2D eigenvalue weighted by atomic mass is 16.5. The second-order valence-corrected chi connectivity index (χ2v) is 3.37. The summed E-state index contributed by atoms with van der Waals surface area (Å²) < 4.78 is 5.38. The highest BCUT2D eigenvalue weighted by molar-refractivity contribution is 5.73. The van der Waals surface area contributed by atoms with Crippen molar-refractivity contribution in [2.45, 2.75) is 19.9 Å². The topological polar surface area (TPSA) is 41.6 Å². The maximum atomic E-state index is 10.8. The lowest BCUT2D eigenvalue weighted by Gasteiger charge is -2.21. The second kappa shape index (κ2) is 5.19. The number of nitrogens with zero attached hydrogens (tertiary/aromatic N) is 1. The van der Waals surface area contributed by atoms with Crippen molar-refractivity contribution in [2.24, 2.45) is 0 Å². The zero-order valence-corrected chi connectivity index (χ0v) is 8.38. The van der Waals surface area contributed by atoms with Gasteiger partial charge in [-0.05, 0) is 6.54 Å². The smallest absolute Gasteiger partial charge is 0.217 e. The lowest BCUT2D eigenvalue weighted by molar-refractivity contribution is -0.120. The average Bonchev–Trinajstić information content (AvgIpc) is 2.28. The summed E-state index contributed by atoms with van der Waals surface area (Å²) in [7, 11) is 0. The third-order valence-corrected chi connectivity index (χ3v) is 2.20. The molecule has 1 N–H and O–H groups in total. The lowest BCUT2D eigenvalue weighted by Crippen LogP contribution is -2.43. The van der Waals surface area contributed by atoms with Gasteiger partial charge >= 0.3 is 0 Å². The largest absolute Gasteiger partial charge is 0.378 e. The molecular formula is C9H18N2O2. The van der Waals surface area contributed by atoms with Gasteiger partial charge in [0.15, 0.2) is 0 Å². The number of nitrogens with one attached hydrogen (secondary N) is 1. The Balaban J connectivity index is 2.39. The van der Waals surface area contributed by atoms with E-state index in [0.29, 0.717) is 6.61 Å². The summed E-state index contributed by atoms with van der Waals surface area (Å²) in [5.41, 5.74) is 0. The van der Waals surface area contributed by atoms with E-state index >= 15 is 0 Å². The van der Waals surface area contributed by atoms with Crippen molar-refractivity contribution in [2.75, 3.05) is 32.8 Å². The van der Waals surface area contributed by atoms with E-state index in [1.165, 1.54) is 0 Å². The van der Waals surface area contributed by atoms with Crippen LogP contribution in [0.25, 0.3) is 0 Å². The van der Waals surface area contributed by atoms with Crippen LogP contribution >= 0.6 is 0 Å². The zero-order valence-electron chi connectivity index (χ0n) is 8.38. The average molecular weight is 186 g/mol. The summed E-state index contributed by atoms with van der Waals surface area (Å²) in [6.45, 7) is 7.94. The number of likely N-dealkylation sites (N-methyl/N-ethyl adjacent to an activating group) is 1. The molecule has 0 aromatic carbocycles. The molecule has 0 spiro atoms. The second-order valence-electron chi connectivity index (χ2n) is 3.37. The Labute approximate surface area is 79.2 Å². The fraction of sp³-hybridized carbons (Fsp3) is 0.889. The Morgan fingerprint density at radius 2 is 2.46 bits per heavy atom. The predicted molar refractivity (Wildman–Crippen MR) is 50.5 cm³/mol. The summed E-state index contributed by atoms with van der Waals surface area (Å²) >= 11 is 0. The highest BCUT2D eigenvalue weighted by Gasteiger charge is 2.17. The Bertz CT molecular complexity index is 173. The first-order chi connectivity index (χ1) is 6.22. The molecule has 1 saturated heterocycles. The van der Waals surface area contributed by atoms with Gasteiger partial charge in [-0.3, -0.25) is 9.69 Å². The molecule has 1 atom stereocenters. The van der Waals surface area contributed by atoms with Crippen LogP contribution in [-0.4, -0.2) is 49.7 Å². The lowest BCUT2D eigenvalue weighted by atomic mass is 10.3. The van der Waals surface area contributed by atoms with Crippen molar-refractivity contribution in [3.63, 3.8) is 0 Å². The molecule has 0 aromatic rings. The van der Waals surface area contributed by atoms with E-state index in [9.17, 15) is 4.79 Å². The third kappa shape index (κ3) is 3.74. The fourth-order valence-corrected chi connectivity index (χ4v) is 1.54. The maximum absolute atomic E-state index is 10.8. The maximum Gasteiger partial charge on any atom is 0.217 e. The van der Waals surface area contributed by atoms with Gasteiger partial charge in [-0.1, -0.05) is 6.92 Å². The van der Waals surface area contributed by atoms with Crippen LogP contribution in [0.1, 0.15) is 13.8 Å². The molecule has 0 radical (unpaired) electrons. The number of carbonyl (C=O) groups excluding carboxylic acids is 1. The molecule has 0 aromatic heterocycles. The van der Waals surface area contributed by atoms with E-state index in [1.54, 1.807) is 6.92 Å². The number of rotatable bonds is 2. The first-order valence-corrected chi connectivity index (χ1v) is 4.79.